The third kappa shape index (κ3) is 2.84. The normalized spacial score (nSPS) is 51.6. The van der Waals surface area contributed by atoms with Crippen LogP contribution in [0.4, 0.5) is 0 Å². The van der Waals surface area contributed by atoms with Crippen LogP contribution in [0.5, 0.6) is 0 Å². The van der Waals surface area contributed by atoms with Gasteiger partial charge >= 0.3 is 0 Å². The number of hydrogen-bond acceptors (Lipinski definition) is 1. The monoisotopic (exact) mass is 348 g/mol. The van der Waals surface area contributed by atoms with Crippen LogP contribution in [0.2, 0.25) is 19.6 Å². The van der Waals surface area contributed by atoms with Crippen molar-refractivity contribution in [1.82, 2.24) is 0 Å². The Morgan fingerprint density at radius 1 is 0.833 bits per heavy atom. The molecule has 0 bridgehead atoms. The van der Waals surface area contributed by atoms with E-state index < -0.39 is 8.32 Å². The van der Waals surface area contributed by atoms with Gasteiger partial charge in [0.25, 0.3) is 0 Å². The van der Waals surface area contributed by atoms with E-state index in [0.717, 1.165) is 23.7 Å². The summed E-state index contributed by atoms with van der Waals surface area (Å²) in [5.74, 6) is 4.09. The quantitative estimate of drug-likeness (QED) is 0.508. The summed E-state index contributed by atoms with van der Waals surface area (Å²) in [5.41, 5.74) is 1.34. The van der Waals surface area contributed by atoms with Gasteiger partial charge in [0.05, 0.1) is 0 Å². The minimum absolute atomic E-state index is 0.576. The van der Waals surface area contributed by atoms with Crippen LogP contribution in [0.1, 0.15) is 78.1 Å². The second kappa shape index (κ2) is 5.84. The van der Waals surface area contributed by atoms with E-state index in [2.05, 4.69) is 33.5 Å². The minimum atomic E-state index is -1.39. The first-order valence-corrected chi connectivity index (χ1v) is 14.3. The summed E-state index contributed by atoms with van der Waals surface area (Å²) in [4.78, 5) is 0. The third-order valence-electron chi connectivity index (χ3n) is 8.92. The molecule has 7 atom stereocenters. The molecule has 0 spiro atoms. The van der Waals surface area contributed by atoms with Crippen LogP contribution in [0, 0.1) is 34.5 Å². The van der Waals surface area contributed by atoms with E-state index in [4.69, 9.17) is 4.43 Å². The molecule has 0 aliphatic heterocycles. The van der Waals surface area contributed by atoms with Crippen LogP contribution < -0.4 is 0 Å². The molecular weight excluding hydrogens is 308 g/mol. The molecule has 0 aromatic heterocycles. The highest BCUT2D eigenvalue weighted by Gasteiger charge is 2.57. The van der Waals surface area contributed by atoms with Crippen molar-refractivity contribution in [2.24, 2.45) is 34.5 Å². The molecule has 0 N–H and O–H groups in total. The smallest absolute Gasteiger partial charge is 0.184 e. The Morgan fingerprint density at radius 2 is 1.62 bits per heavy atom. The molecule has 1 unspecified atom stereocenters. The SMILES string of the molecule is C[C@@]12CCC[C@H]1[C@@H]1CC[C@@H]3CC(O[Si](C)(C)C)CC[C@]3(C)[C@H]1CC2. The molecule has 138 valence electrons. The van der Waals surface area contributed by atoms with Crippen molar-refractivity contribution in [3.8, 4) is 0 Å². The van der Waals surface area contributed by atoms with Gasteiger partial charge in [0.15, 0.2) is 8.32 Å². The second-order valence-electron chi connectivity index (χ2n) is 11.4. The van der Waals surface area contributed by atoms with Crippen LogP contribution in [-0.2, 0) is 4.43 Å². The van der Waals surface area contributed by atoms with Crippen molar-refractivity contribution in [3.05, 3.63) is 0 Å². The summed E-state index contributed by atoms with van der Waals surface area (Å²) in [6.07, 6.45) is 15.4. The standard InChI is InChI=1S/C22H40OSi/c1-21-12-6-7-19(21)18-9-8-16-15-17(23-24(3,4)5)10-14-22(16,2)20(18)11-13-21/h16-20H,6-15H2,1-5H3/t16-,17?,18+,19+,20+,21+,22+/m1/s1. The minimum Gasteiger partial charge on any atom is -0.415 e. The van der Waals surface area contributed by atoms with Gasteiger partial charge in [-0.05, 0) is 112 Å². The fraction of sp³-hybridized carbons (Fsp3) is 1.00. The van der Waals surface area contributed by atoms with Gasteiger partial charge in [-0.3, -0.25) is 0 Å². The first-order chi connectivity index (χ1) is 11.2. The largest absolute Gasteiger partial charge is 0.415 e. The first kappa shape index (κ1) is 17.6. The average Bonchev–Trinajstić information content (AvgIpc) is 2.88. The average molecular weight is 349 g/mol. The molecule has 4 aliphatic carbocycles. The lowest BCUT2D eigenvalue weighted by atomic mass is 9.45. The lowest BCUT2D eigenvalue weighted by Crippen LogP contribution is -2.53. The lowest BCUT2D eigenvalue weighted by Gasteiger charge is -2.60. The maximum Gasteiger partial charge on any atom is 0.184 e. The van der Waals surface area contributed by atoms with E-state index >= 15 is 0 Å². The molecule has 0 aromatic carbocycles. The van der Waals surface area contributed by atoms with E-state index in [0.29, 0.717) is 16.9 Å². The van der Waals surface area contributed by atoms with Gasteiger partial charge in [-0.15, -0.1) is 0 Å². The Morgan fingerprint density at radius 3 is 2.38 bits per heavy atom. The summed E-state index contributed by atoms with van der Waals surface area (Å²) in [7, 11) is -1.39. The molecule has 1 nitrogen and oxygen atoms in total. The highest BCUT2D eigenvalue weighted by molar-refractivity contribution is 6.69. The molecule has 0 radical (unpaired) electrons. The summed E-state index contributed by atoms with van der Waals surface area (Å²) >= 11 is 0. The summed E-state index contributed by atoms with van der Waals surface area (Å²) in [6, 6.07) is 0. The zero-order chi connectivity index (χ0) is 17.2. The van der Waals surface area contributed by atoms with E-state index in [1.165, 1.54) is 57.8 Å². The first-order valence-electron chi connectivity index (χ1n) is 10.9. The highest BCUT2D eigenvalue weighted by atomic mass is 28.4. The van der Waals surface area contributed by atoms with Crippen molar-refractivity contribution in [3.63, 3.8) is 0 Å². The van der Waals surface area contributed by atoms with Crippen LogP contribution in [-0.4, -0.2) is 14.4 Å². The summed E-state index contributed by atoms with van der Waals surface area (Å²) < 4.78 is 6.53. The van der Waals surface area contributed by atoms with Gasteiger partial charge in [0.1, 0.15) is 0 Å². The third-order valence-corrected chi connectivity index (χ3v) is 9.96. The molecule has 0 aromatic rings. The van der Waals surface area contributed by atoms with Gasteiger partial charge in [-0.25, -0.2) is 0 Å². The highest BCUT2D eigenvalue weighted by Crippen LogP contribution is 2.66. The summed E-state index contributed by atoms with van der Waals surface area (Å²) in [6.45, 7) is 12.4. The lowest BCUT2D eigenvalue weighted by molar-refractivity contribution is -0.118. The van der Waals surface area contributed by atoms with Gasteiger partial charge < -0.3 is 4.43 Å². The molecule has 24 heavy (non-hydrogen) atoms. The molecule has 0 heterocycles. The Bertz CT molecular complexity index is 483. The predicted molar refractivity (Wildman–Crippen MR) is 105 cm³/mol. The number of fused-ring (bicyclic) bond motifs is 5. The van der Waals surface area contributed by atoms with Crippen molar-refractivity contribution < 1.29 is 4.43 Å². The number of hydrogen-bond donors (Lipinski definition) is 0. The van der Waals surface area contributed by atoms with Crippen LogP contribution >= 0.6 is 0 Å². The maximum absolute atomic E-state index is 6.53. The molecule has 0 amide bonds. The fourth-order valence-electron chi connectivity index (χ4n) is 7.82. The molecule has 4 aliphatic rings. The van der Waals surface area contributed by atoms with Gasteiger partial charge in [0, 0.05) is 6.10 Å². The number of rotatable bonds is 2. The van der Waals surface area contributed by atoms with Crippen molar-refractivity contribution >= 4 is 8.32 Å². The fourth-order valence-corrected chi connectivity index (χ4v) is 9.03. The Hall–Kier alpha value is 0.177. The Balaban J connectivity index is 1.50. The molecular formula is C22H40OSi. The van der Waals surface area contributed by atoms with E-state index in [1.54, 1.807) is 6.42 Å². The van der Waals surface area contributed by atoms with Gasteiger partial charge in [-0.1, -0.05) is 20.3 Å². The topological polar surface area (TPSA) is 9.23 Å². The molecule has 2 heteroatoms. The van der Waals surface area contributed by atoms with Crippen molar-refractivity contribution in [2.45, 2.75) is 104 Å². The van der Waals surface area contributed by atoms with Crippen LogP contribution in [0.3, 0.4) is 0 Å². The molecule has 4 saturated carbocycles. The van der Waals surface area contributed by atoms with Crippen molar-refractivity contribution in [2.75, 3.05) is 0 Å². The second-order valence-corrected chi connectivity index (χ2v) is 15.8. The summed E-state index contributed by atoms with van der Waals surface area (Å²) in [5, 5.41) is 0. The molecule has 0 saturated heterocycles. The zero-order valence-electron chi connectivity index (χ0n) is 16.9. The Labute approximate surface area is 151 Å². The van der Waals surface area contributed by atoms with Crippen LogP contribution in [0.15, 0.2) is 0 Å². The van der Waals surface area contributed by atoms with E-state index in [-0.39, 0.29) is 0 Å². The van der Waals surface area contributed by atoms with E-state index in [9.17, 15) is 0 Å². The van der Waals surface area contributed by atoms with Crippen LogP contribution in [0.25, 0.3) is 0 Å². The van der Waals surface area contributed by atoms with Gasteiger partial charge in [0.2, 0.25) is 0 Å². The maximum atomic E-state index is 6.53. The predicted octanol–water partition coefficient (Wildman–Crippen LogP) is 6.64. The molecule has 4 rings (SSSR count). The Kier molecular flexibility index (Phi) is 4.28. The van der Waals surface area contributed by atoms with E-state index in [1.807, 2.05) is 0 Å². The van der Waals surface area contributed by atoms with Crippen molar-refractivity contribution in [1.29, 1.82) is 0 Å². The van der Waals surface area contributed by atoms with Gasteiger partial charge in [-0.2, -0.15) is 0 Å². The molecule has 4 fully saturated rings. The zero-order valence-corrected chi connectivity index (χ0v) is 17.9.